The summed E-state index contributed by atoms with van der Waals surface area (Å²) in [6.45, 7) is 2.08. The fourth-order valence-corrected chi connectivity index (χ4v) is 3.05. The Balaban J connectivity index is 2.55. The summed E-state index contributed by atoms with van der Waals surface area (Å²) < 4.78 is 1.14. The molecule has 0 aliphatic carbocycles. The maximum atomic E-state index is 6.06. The molecule has 71 valence electrons. The van der Waals surface area contributed by atoms with Gasteiger partial charge in [-0.3, -0.25) is 0 Å². The lowest BCUT2D eigenvalue weighted by Crippen LogP contribution is -1.73. The van der Waals surface area contributed by atoms with E-state index in [9.17, 15) is 0 Å². The number of aryl methyl sites for hydroxylation is 1. The van der Waals surface area contributed by atoms with Crippen molar-refractivity contribution in [1.82, 2.24) is 0 Å². The van der Waals surface area contributed by atoms with Gasteiger partial charge in [0, 0.05) is 25.9 Å². The molecule has 0 saturated heterocycles. The second-order valence-corrected chi connectivity index (χ2v) is 5.40. The Morgan fingerprint density at radius 3 is 2.86 bits per heavy atom. The van der Waals surface area contributed by atoms with Gasteiger partial charge in [0.1, 0.15) is 0 Å². The van der Waals surface area contributed by atoms with Gasteiger partial charge in [0.25, 0.3) is 0 Å². The third-order valence-electron chi connectivity index (χ3n) is 1.93. The van der Waals surface area contributed by atoms with Crippen molar-refractivity contribution >= 4 is 38.9 Å². The van der Waals surface area contributed by atoms with Crippen LogP contribution in [-0.2, 0) is 0 Å². The fourth-order valence-electron chi connectivity index (χ4n) is 1.20. The Hall–Kier alpha value is -0.310. The average Bonchev–Trinajstić information content (AvgIpc) is 2.48. The molecule has 0 bridgehead atoms. The highest BCUT2D eigenvalue weighted by molar-refractivity contribution is 9.10. The van der Waals surface area contributed by atoms with Crippen LogP contribution in [0.5, 0.6) is 0 Å². The van der Waals surface area contributed by atoms with Crippen LogP contribution in [0.4, 0.5) is 0 Å². The zero-order valence-electron chi connectivity index (χ0n) is 7.47. The van der Waals surface area contributed by atoms with Gasteiger partial charge >= 0.3 is 0 Å². The van der Waals surface area contributed by atoms with Crippen LogP contribution in [0.2, 0.25) is 5.02 Å². The first kappa shape index (κ1) is 10.2. The smallest absolute Gasteiger partial charge is 0.0571 e. The van der Waals surface area contributed by atoms with E-state index in [-0.39, 0.29) is 0 Å². The van der Waals surface area contributed by atoms with Crippen LogP contribution in [0.25, 0.3) is 10.4 Å². The molecule has 0 aliphatic heterocycles. The van der Waals surface area contributed by atoms with E-state index in [4.69, 9.17) is 11.6 Å². The first-order valence-electron chi connectivity index (χ1n) is 4.11. The molecule has 0 spiro atoms. The van der Waals surface area contributed by atoms with Crippen LogP contribution in [0.15, 0.2) is 28.7 Å². The van der Waals surface area contributed by atoms with E-state index in [1.54, 1.807) is 11.3 Å². The third-order valence-corrected chi connectivity index (χ3v) is 4.41. The molecule has 0 unspecified atom stereocenters. The highest BCUT2D eigenvalue weighted by Crippen LogP contribution is 2.36. The molecule has 1 aromatic carbocycles. The molecule has 0 amide bonds. The summed E-state index contributed by atoms with van der Waals surface area (Å²) in [5.41, 5.74) is 1.05. The quantitative estimate of drug-likeness (QED) is 0.696. The molecule has 3 heteroatoms. The topological polar surface area (TPSA) is 0 Å². The predicted molar refractivity (Wildman–Crippen MR) is 66.0 cm³/mol. The minimum absolute atomic E-state index is 0.682. The van der Waals surface area contributed by atoms with Crippen molar-refractivity contribution in [2.75, 3.05) is 0 Å². The number of halogens is 2. The van der Waals surface area contributed by atoms with Crippen molar-refractivity contribution in [3.63, 3.8) is 0 Å². The molecule has 1 radical (unpaired) electrons. The molecular formula is C11H7BrClS. The fraction of sp³-hybridized carbons (Fsp3) is 0.0909. The predicted octanol–water partition coefficient (Wildman–Crippen LogP) is 4.94. The average molecular weight is 287 g/mol. The SMILES string of the molecule is Cc1sc(-c2ccc[c]c2Cl)cc1Br. The zero-order chi connectivity index (χ0) is 10.1. The van der Waals surface area contributed by atoms with Crippen molar-refractivity contribution in [3.8, 4) is 10.4 Å². The van der Waals surface area contributed by atoms with Gasteiger partial charge < -0.3 is 0 Å². The molecule has 1 heterocycles. The van der Waals surface area contributed by atoms with Crippen LogP contribution in [0, 0.1) is 13.0 Å². The summed E-state index contributed by atoms with van der Waals surface area (Å²) in [5.74, 6) is 0. The molecule has 0 atom stereocenters. The van der Waals surface area contributed by atoms with Crippen molar-refractivity contribution in [1.29, 1.82) is 0 Å². The maximum absolute atomic E-state index is 6.06. The van der Waals surface area contributed by atoms with Gasteiger partial charge in [-0.25, -0.2) is 0 Å². The number of thiophene rings is 1. The van der Waals surface area contributed by atoms with Crippen molar-refractivity contribution in [2.45, 2.75) is 6.92 Å². The Morgan fingerprint density at radius 1 is 1.50 bits per heavy atom. The van der Waals surface area contributed by atoms with E-state index in [0.717, 1.165) is 10.0 Å². The van der Waals surface area contributed by atoms with E-state index >= 15 is 0 Å². The third kappa shape index (κ3) is 1.88. The van der Waals surface area contributed by atoms with Gasteiger partial charge in [0.15, 0.2) is 0 Å². The number of hydrogen-bond donors (Lipinski definition) is 0. The van der Waals surface area contributed by atoms with Crippen LogP contribution < -0.4 is 0 Å². The van der Waals surface area contributed by atoms with E-state index in [0.29, 0.717) is 5.02 Å². The summed E-state index contributed by atoms with van der Waals surface area (Å²) in [5, 5.41) is 0.682. The number of rotatable bonds is 1. The molecule has 1 aromatic heterocycles. The first-order chi connectivity index (χ1) is 6.68. The molecule has 0 aliphatic rings. The van der Waals surface area contributed by atoms with Gasteiger partial charge in [-0.15, -0.1) is 11.3 Å². The molecule has 0 nitrogen and oxygen atoms in total. The monoisotopic (exact) mass is 285 g/mol. The van der Waals surface area contributed by atoms with E-state index < -0.39 is 0 Å². The lowest BCUT2D eigenvalue weighted by Gasteiger charge is -1.98. The summed E-state index contributed by atoms with van der Waals surface area (Å²) in [6, 6.07) is 10.9. The molecule has 0 saturated carbocycles. The highest BCUT2D eigenvalue weighted by atomic mass is 79.9. The second kappa shape index (κ2) is 4.05. The van der Waals surface area contributed by atoms with Crippen molar-refractivity contribution < 1.29 is 0 Å². The number of hydrogen-bond acceptors (Lipinski definition) is 1. The molecule has 0 fully saturated rings. The van der Waals surface area contributed by atoms with E-state index in [1.807, 2.05) is 18.2 Å². The Labute approximate surface area is 101 Å². The maximum Gasteiger partial charge on any atom is 0.0571 e. The van der Waals surface area contributed by atoms with Crippen molar-refractivity contribution in [2.24, 2.45) is 0 Å². The lowest BCUT2D eigenvalue weighted by atomic mass is 10.2. The van der Waals surface area contributed by atoms with Gasteiger partial charge in [-0.1, -0.05) is 29.8 Å². The van der Waals surface area contributed by atoms with Gasteiger partial charge in [-0.05, 0) is 28.9 Å². The summed E-state index contributed by atoms with van der Waals surface area (Å²) in [7, 11) is 0. The minimum Gasteiger partial charge on any atom is -0.139 e. The standard InChI is InChI=1S/C11H7BrClS/c1-7-9(12)6-11(14-7)8-4-2-3-5-10(8)13/h2-4,6H,1H3. The summed E-state index contributed by atoms with van der Waals surface area (Å²) >= 11 is 11.3. The Morgan fingerprint density at radius 2 is 2.29 bits per heavy atom. The van der Waals surface area contributed by atoms with Crippen LogP contribution in [-0.4, -0.2) is 0 Å². The van der Waals surface area contributed by atoms with Crippen LogP contribution in [0.1, 0.15) is 4.88 Å². The van der Waals surface area contributed by atoms with Gasteiger partial charge in [-0.2, -0.15) is 0 Å². The molecule has 0 N–H and O–H groups in total. The lowest BCUT2D eigenvalue weighted by molar-refractivity contribution is 1.59. The van der Waals surface area contributed by atoms with Crippen LogP contribution in [0.3, 0.4) is 0 Å². The van der Waals surface area contributed by atoms with Crippen LogP contribution >= 0.6 is 38.9 Å². The minimum atomic E-state index is 0.682. The molecular weight excluding hydrogens is 280 g/mol. The summed E-state index contributed by atoms with van der Waals surface area (Å²) in [6.07, 6.45) is 0. The van der Waals surface area contributed by atoms with E-state index in [1.165, 1.54) is 9.75 Å². The molecule has 2 rings (SSSR count). The second-order valence-electron chi connectivity index (χ2n) is 2.91. The molecule has 2 aromatic rings. The van der Waals surface area contributed by atoms with Gasteiger partial charge in [0.2, 0.25) is 0 Å². The normalized spacial score (nSPS) is 10.5. The van der Waals surface area contributed by atoms with Gasteiger partial charge in [0.05, 0.1) is 5.02 Å². The van der Waals surface area contributed by atoms with Crippen molar-refractivity contribution in [3.05, 3.63) is 44.7 Å². The zero-order valence-corrected chi connectivity index (χ0v) is 10.6. The Bertz CT molecular complexity index is 443. The largest absolute Gasteiger partial charge is 0.139 e. The first-order valence-corrected chi connectivity index (χ1v) is 6.10. The summed E-state index contributed by atoms with van der Waals surface area (Å²) in [4.78, 5) is 2.44. The number of benzene rings is 1. The molecule has 14 heavy (non-hydrogen) atoms. The Kier molecular flexibility index (Phi) is 2.96. The van der Waals surface area contributed by atoms with E-state index in [2.05, 4.69) is 35.0 Å². The highest BCUT2D eigenvalue weighted by Gasteiger charge is 2.07.